The third-order valence-corrected chi connectivity index (χ3v) is 4.49. The van der Waals surface area contributed by atoms with E-state index in [9.17, 15) is 0 Å². The molecule has 2 N–H and O–H groups in total. The summed E-state index contributed by atoms with van der Waals surface area (Å²) in [5.74, 6) is 0.850. The van der Waals surface area contributed by atoms with Gasteiger partial charge >= 0.3 is 0 Å². The van der Waals surface area contributed by atoms with Gasteiger partial charge in [0.15, 0.2) is 5.96 Å². The number of benzene rings is 1. The fourth-order valence-electron chi connectivity index (χ4n) is 2.22. The first-order chi connectivity index (χ1) is 11.6. The van der Waals surface area contributed by atoms with Gasteiger partial charge in [0.25, 0.3) is 0 Å². The van der Waals surface area contributed by atoms with Crippen molar-refractivity contribution in [1.82, 2.24) is 15.6 Å². The molecule has 0 amide bonds. The first-order valence-corrected chi connectivity index (χ1v) is 9.10. The average Bonchev–Trinajstić information content (AvgIpc) is 2.98. The van der Waals surface area contributed by atoms with E-state index in [1.807, 2.05) is 20.3 Å². The number of nitrogens with one attached hydrogen (secondary N) is 2. The third kappa shape index (κ3) is 5.85. The molecule has 1 heterocycles. The maximum atomic E-state index is 4.66. The molecular formula is C18H27N5S. The number of aryl methyl sites for hydroxylation is 1. The molecule has 0 radical (unpaired) electrons. The van der Waals surface area contributed by atoms with Crippen LogP contribution in [0.4, 0.5) is 5.69 Å². The van der Waals surface area contributed by atoms with Crippen molar-refractivity contribution in [2.24, 2.45) is 4.99 Å². The Hall–Kier alpha value is -2.08. The van der Waals surface area contributed by atoms with Gasteiger partial charge in [0.1, 0.15) is 0 Å². The molecule has 0 aliphatic heterocycles. The van der Waals surface area contributed by atoms with E-state index in [1.165, 1.54) is 16.1 Å². The lowest BCUT2D eigenvalue weighted by molar-refractivity contribution is 0.796. The maximum absolute atomic E-state index is 4.66. The minimum atomic E-state index is 0.666. The molecule has 1 aromatic carbocycles. The predicted octanol–water partition coefficient (Wildman–Crippen LogP) is 2.82. The Morgan fingerprint density at radius 3 is 2.54 bits per heavy atom. The Bertz CT molecular complexity index is 646. The maximum Gasteiger partial charge on any atom is 0.191 e. The van der Waals surface area contributed by atoms with Crippen LogP contribution in [0.1, 0.15) is 22.4 Å². The van der Waals surface area contributed by atoms with E-state index < -0.39 is 0 Å². The predicted molar refractivity (Wildman–Crippen MR) is 104 cm³/mol. The van der Waals surface area contributed by atoms with Crippen molar-refractivity contribution in [3.63, 3.8) is 0 Å². The van der Waals surface area contributed by atoms with Gasteiger partial charge in [-0.15, -0.1) is 11.3 Å². The molecule has 0 saturated heterocycles. The van der Waals surface area contributed by atoms with Gasteiger partial charge in [0.2, 0.25) is 0 Å². The summed E-state index contributed by atoms with van der Waals surface area (Å²) in [6.07, 6.45) is 2.84. The van der Waals surface area contributed by atoms with E-state index in [2.05, 4.69) is 63.6 Å². The SMILES string of the molecule is CCNC(=NCc1ccc(N(C)C)cc1)NCCc1ncc(C)s1. The molecule has 1 aromatic heterocycles. The highest BCUT2D eigenvalue weighted by atomic mass is 32.1. The Labute approximate surface area is 148 Å². The second-order valence-corrected chi connectivity index (χ2v) is 7.12. The normalized spacial score (nSPS) is 11.4. The molecule has 24 heavy (non-hydrogen) atoms. The van der Waals surface area contributed by atoms with E-state index in [1.54, 1.807) is 11.3 Å². The Balaban J connectivity index is 1.87. The van der Waals surface area contributed by atoms with Gasteiger partial charge in [0.05, 0.1) is 11.6 Å². The number of aliphatic imine (C=N–C) groups is 1. The molecule has 0 aliphatic rings. The van der Waals surface area contributed by atoms with Gasteiger partial charge in [-0.25, -0.2) is 9.98 Å². The largest absolute Gasteiger partial charge is 0.378 e. The van der Waals surface area contributed by atoms with E-state index in [-0.39, 0.29) is 0 Å². The smallest absolute Gasteiger partial charge is 0.191 e. The molecule has 0 fully saturated rings. The molecule has 0 bridgehead atoms. The summed E-state index contributed by atoms with van der Waals surface area (Å²) in [5.41, 5.74) is 2.40. The van der Waals surface area contributed by atoms with Crippen molar-refractivity contribution in [1.29, 1.82) is 0 Å². The lowest BCUT2D eigenvalue weighted by Crippen LogP contribution is -2.38. The molecule has 2 rings (SSSR count). The van der Waals surface area contributed by atoms with Crippen LogP contribution in [0.3, 0.4) is 0 Å². The molecule has 2 aromatic rings. The number of guanidine groups is 1. The van der Waals surface area contributed by atoms with Gasteiger partial charge in [-0.2, -0.15) is 0 Å². The minimum absolute atomic E-state index is 0.666. The number of hydrogen-bond donors (Lipinski definition) is 2. The molecule has 0 spiro atoms. The summed E-state index contributed by atoms with van der Waals surface area (Å²) in [6, 6.07) is 8.49. The highest BCUT2D eigenvalue weighted by Crippen LogP contribution is 2.13. The number of nitrogens with zero attached hydrogens (tertiary/aromatic N) is 3. The van der Waals surface area contributed by atoms with Gasteiger partial charge < -0.3 is 15.5 Å². The van der Waals surface area contributed by atoms with Crippen LogP contribution in [0.5, 0.6) is 0 Å². The lowest BCUT2D eigenvalue weighted by atomic mass is 10.2. The van der Waals surface area contributed by atoms with Crippen LogP contribution in [0.25, 0.3) is 0 Å². The van der Waals surface area contributed by atoms with Crippen LogP contribution in [0, 0.1) is 6.92 Å². The zero-order valence-corrected chi connectivity index (χ0v) is 15.8. The van der Waals surface area contributed by atoms with Crippen LogP contribution in [0.2, 0.25) is 0 Å². The topological polar surface area (TPSA) is 52.6 Å². The van der Waals surface area contributed by atoms with Crippen LogP contribution in [-0.2, 0) is 13.0 Å². The van der Waals surface area contributed by atoms with Crippen molar-refractivity contribution in [3.8, 4) is 0 Å². The summed E-state index contributed by atoms with van der Waals surface area (Å²) >= 11 is 1.75. The molecule has 0 aliphatic carbocycles. The highest BCUT2D eigenvalue weighted by molar-refractivity contribution is 7.11. The van der Waals surface area contributed by atoms with Gasteiger partial charge in [0, 0.05) is 50.4 Å². The van der Waals surface area contributed by atoms with E-state index in [0.29, 0.717) is 6.54 Å². The van der Waals surface area contributed by atoms with Crippen LogP contribution in [-0.4, -0.2) is 38.1 Å². The molecule has 6 heteroatoms. The first-order valence-electron chi connectivity index (χ1n) is 8.28. The number of rotatable bonds is 7. The average molecular weight is 346 g/mol. The minimum Gasteiger partial charge on any atom is -0.378 e. The van der Waals surface area contributed by atoms with Crippen molar-refractivity contribution in [3.05, 3.63) is 45.9 Å². The van der Waals surface area contributed by atoms with Gasteiger partial charge in [-0.3, -0.25) is 0 Å². The molecular weight excluding hydrogens is 318 g/mol. The molecule has 0 saturated carbocycles. The first kappa shape index (κ1) is 18.3. The van der Waals surface area contributed by atoms with Gasteiger partial charge in [-0.05, 0) is 31.5 Å². The summed E-state index contributed by atoms with van der Waals surface area (Å²) in [5, 5.41) is 7.83. The summed E-state index contributed by atoms with van der Waals surface area (Å²) in [6.45, 7) is 6.51. The Morgan fingerprint density at radius 1 is 1.21 bits per heavy atom. The second kappa shape index (κ2) is 9.27. The highest BCUT2D eigenvalue weighted by Gasteiger charge is 2.01. The Morgan fingerprint density at radius 2 is 1.96 bits per heavy atom. The van der Waals surface area contributed by atoms with Crippen molar-refractivity contribution in [2.45, 2.75) is 26.8 Å². The van der Waals surface area contributed by atoms with Crippen LogP contribution in [0.15, 0.2) is 35.5 Å². The third-order valence-electron chi connectivity index (χ3n) is 3.52. The van der Waals surface area contributed by atoms with Crippen LogP contribution >= 0.6 is 11.3 Å². The monoisotopic (exact) mass is 345 g/mol. The number of hydrogen-bond acceptors (Lipinski definition) is 4. The molecule has 5 nitrogen and oxygen atoms in total. The quantitative estimate of drug-likeness (QED) is 0.598. The molecule has 0 atom stereocenters. The number of anilines is 1. The molecule has 0 unspecified atom stereocenters. The second-order valence-electron chi connectivity index (χ2n) is 5.80. The zero-order valence-electron chi connectivity index (χ0n) is 15.0. The van der Waals surface area contributed by atoms with E-state index >= 15 is 0 Å². The number of thiazole rings is 1. The van der Waals surface area contributed by atoms with Crippen LogP contribution < -0.4 is 15.5 Å². The lowest BCUT2D eigenvalue weighted by Gasteiger charge is -2.13. The summed E-state index contributed by atoms with van der Waals surface area (Å²) < 4.78 is 0. The van der Waals surface area contributed by atoms with Crippen molar-refractivity contribution < 1.29 is 0 Å². The molecule has 130 valence electrons. The van der Waals surface area contributed by atoms with E-state index in [0.717, 1.165) is 30.5 Å². The summed E-state index contributed by atoms with van der Waals surface area (Å²) in [4.78, 5) is 12.4. The summed E-state index contributed by atoms with van der Waals surface area (Å²) in [7, 11) is 4.09. The fourth-order valence-corrected chi connectivity index (χ4v) is 3.00. The fraction of sp³-hybridized carbons (Fsp3) is 0.444. The van der Waals surface area contributed by atoms with E-state index in [4.69, 9.17) is 0 Å². The number of aromatic nitrogens is 1. The Kier molecular flexibility index (Phi) is 7.06. The van der Waals surface area contributed by atoms with Gasteiger partial charge in [-0.1, -0.05) is 12.1 Å². The van der Waals surface area contributed by atoms with Crippen molar-refractivity contribution >= 4 is 23.0 Å². The zero-order chi connectivity index (χ0) is 17.4. The van der Waals surface area contributed by atoms with Crippen molar-refractivity contribution in [2.75, 3.05) is 32.1 Å². The standard InChI is InChI=1S/C18H27N5S/c1-5-19-18(20-11-10-17-21-12-14(2)24-17)22-13-15-6-8-16(9-7-15)23(3)4/h6-9,12H,5,10-11,13H2,1-4H3,(H2,19,20,22).